The fourth-order valence-corrected chi connectivity index (χ4v) is 4.15. The fraction of sp³-hybridized carbons (Fsp3) is 0.143. The lowest BCUT2D eigenvalue weighted by Gasteiger charge is -2.18. The highest BCUT2D eigenvalue weighted by atomic mass is 32.1. The van der Waals surface area contributed by atoms with Gasteiger partial charge in [0.05, 0.1) is 23.0 Å². The van der Waals surface area contributed by atoms with Crippen molar-refractivity contribution in [2.45, 2.75) is 20.4 Å². The van der Waals surface area contributed by atoms with Crippen LogP contribution >= 0.6 is 11.3 Å². The molecule has 2 heterocycles. The van der Waals surface area contributed by atoms with Crippen molar-refractivity contribution in [3.8, 4) is 0 Å². The van der Waals surface area contributed by atoms with Crippen molar-refractivity contribution in [3.63, 3.8) is 0 Å². The van der Waals surface area contributed by atoms with Gasteiger partial charge in [-0.25, -0.2) is 9.37 Å². The molecule has 0 fully saturated rings. The zero-order valence-electron chi connectivity index (χ0n) is 14.9. The van der Waals surface area contributed by atoms with E-state index in [4.69, 9.17) is 9.40 Å². The molecule has 0 saturated heterocycles. The van der Waals surface area contributed by atoms with E-state index in [0.717, 1.165) is 21.3 Å². The first-order chi connectivity index (χ1) is 13.0. The van der Waals surface area contributed by atoms with Crippen LogP contribution in [-0.2, 0) is 6.54 Å². The number of carbonyl (C=O) groups is 1. The van der Waals surface area contributed by atoms with Crippen LogP contribution in [0.15, 0.2) is 59.2 Å². The van der Waals surface area contributed by atoms with Gasteiger partial charge in [0.15, 0.2) is 5.13 Å². The second-order valence-corrected chi connectivity index (χ2v) is 7.41. The van der Waals surface area contributed by atoms with Gasteiger partial charge in [-0.3, -0.25) is 9.69 Å². The summed E-state index contributed by atoms with van der Waals surface area (Å²) in [5, 5.41) is 0.587. The molecular formula is C21H17FN2O2S. The van der Waals surface area contributed by atoms with E-state index in [1.54, 1.807) is 17.2 Å². The number of anilines is 1. The normalized spacial score (nSPS) is 11.1. The average molecular weight is 380 g/mol. The molecule has 4 rings (SSSR count). The number of thiazole rings is 1. The summed E-state index contributed by atoms with van der Waals surface area (Å²) in [7, 11) is 0. The molecule has 0 aliphatic heterocycles. The van der Waals surface area contributed by atoms with Crippen LogP contribution in [0.1, 0.15) is 27.2 Å². The molecular weight excluding hydrogens is 363 g/mol. The maximum atomic E-state index is 13.3. The molecule has 0 unspecified atom stereocenters. The van der Waals surface area contributed by atoms with E-state index in [9.17, 15) is 9.18 Å². The third kappa shape index (κ3) is 3.48. The van der Waals surface area contributed by atoms with Crippen LogP contribution in [0.4, 0.5) is 9.52 Å². The zero-order valence-corrected chi connectivity index (χ0v) is 15.7. The lowest BCUT2D eigenvalue weighted by molar-refractivity contribution is 0.0983. The molecule has 1 amide bonds. The minimum atomic E-state index is -0.379. The van der Waals surface area contributed by atoms with Gasteiger partial charge in [-0.2, -0.15) is 0 Å². The van der Waals surface area contributed by atoms with Gasteiger partial charge in [0.2, 0.25) is 0 Å². The van der Waals surface area contributed by atoms with Crippen LogP contribution in [0.25, 0.3) is 10.2 Å². The Morgan fingerprint density at radius 1 is 1.19 bits per heavy atom. The number of rotatable bonds is 4. The number of hydrogen-bond acceptors (Lipinski definition) is 4. The summed E-state index contributed by atoms with van der Waals surface area (Å²) in [4.78, 5) is 19.4. The summed E-state index contributed by atoms with van der Waals surface area (Å²) in [6, 6.07) is 13.3. The molecule has 4 nitrogen and oxygen atoms in total. The highest BCUT2D eigenvalue weighted by Crippen LogP contribution is 2.33. The zero-order chi connectivity index (χ0) is 19.0. The number of nitrogens with zero attached hydrogens (tertiary/aromatic N) is 2. The summed E-state index contributed by atoms with van der Waals surface area (Å²) in [6.07, 6.45) is 1.57. The minimum absolute atomic E-state index is 0.250. The smallest absolute Gasteiger partial charge is 0.260 e. The van der Waals surface area contributed by atoms with Gasteiger partial charge in [0, 0.05) is 5.56 Å². The molecule has 6 heteroatoms. The van der Waals surface area contributed by atoms with Crippen molar-refractivity contribution in [2.24, 2.45) is 0 Å². The van der Waals surface area contributed by atoms with Crippen LogP contribution in [-0.4, -0.2) is 10.9 Å². The van der Waals surface area contributed by atoms with Gasteiger partial charge < -0.3 is 4.42 Å². The van der Waals surface area contributed by atoms with E-state index in [-0.39, 0.29) is 18.3 Å². The van der Waals surface area contributed by atoms with Crippen LogP contribution in [0.5, 0.6) is 0 Å². The molecule has 2 aromatic carbocycles. The second kappa shape index (κ2) is 6.96. The molecule has 27 heavy (non-hydrogen) atoms. The van der Waals surface area contributed by atoms with Crippen LogP contribution in [0.2, 0.25) is 0 Å². The van der Waals surface area contributed by atoms with Gasteiger partial charge in [-0.15, -0.1) is 0 Å². The van der Waals surface area contributed by atoms with Gasteiger partial charge in [0.25, 0.3) is 5.91 Å². The van der Waals surface area contributed by atoms with E-state index in [1.165, 1.54) is 35.6 Å². The predicted molar refractivity (Wildman–Crippen MR) is 105 cm³/mol. The Hall–Kier alpha value is -2.99. The van der Waals surface area contributed by atoms with Crippen molar-refractivity contribution >= 4 is 32.6 Å². The first-order valence-electron chi connectivity index (χ1n) is 8.49. The number of hydrogen-bond donors (Lipinski definition) is 0. The molecule has 4 aromatic rings. The monoisotopic (exact) mass is 380 g/mol. The van der Waals surface area contributed by atoms with E-state index < -0.39 is 0 Å². The van der Waals surface area contributed by atoms with Gasteiger partial charge >= 0.3 is 0 Å². The van der Waals surface area contributed by atoms with Crippen molar-refractivity contribution in [1.29, 1.82) is 0 Å². The highest BCUT2D eigenvalue weighted by molar-refractivity contribution is 7.22. The Balaban J connectivity index is 1.79. The van der Waals surface area contributed by atoms with Gasteiger partial charge in [-0.1, -0.05) is 17.4 Å². The molecule has 0 spiro atoms. The number of aromatic nitrogens is 1. The summed E-state index contributed by atoms with van der Waals surface area (Å²) in [5.74, 6) is 0.0210. The first kappa shape index (κ1) is 17.4. The van der Waals surface area contributed by atoms with Crippen molar-refractivity contribution in [1.82, 2.24) is 4.98 Å². The van der Waals surface area contributed by atoms with E-state index in [0.29, 0.717) is 16.5 Å². The van der Waals surface area contributed by atoms with E-state index in [2.05, 4.69) is 12.1 Å². The Morgan fingerprint density at radius 2 is 1.96 bits per heavy atom. The van der Waals surface area contributed by atoms with Crippen LogP contribution in [0, 0.1) is 19.7 Å². The van der Waals surface area contributed by atoms with Gasteiger partial charge in [0.1, 0.15) is 11.6 Å². The van der Waals surface area contributed by atoms with E-state index >= 15 is 0 Å². The number of aryl methyl sites for hydroxylation is 2. The third-order valence-corrected chi connectivity index (χ3v) is 5.31. The molecule has 0 aliphatic rings. The van der Waals surface area contributed by atoms with Crippen molar-refractivity contribution in [3.05, 3.63) is 83.1 Å². The average Bonchev–Trinajstić information content (AvgIpc) is 3.29. The number of halogens is 1. The first-order valence-corrected chi connectivity index (χ1v) is 9.30. The van der Waals surface area contributed by atoms with Crippen molar-refractivity contribution < 1.29 is 13.6 Å². The number of furan rings is 1. The second-order valence-electron chi connectivity index (χ2n) is 6.40. The molecule has 0 saturated carbocycles. The number of amides is 1. The molecule has 0 radical (unpaired) electrons. The number of fused-ring (bicyclic) bond motifs is 1. The molecule has 0 bridgehead atoms. The summed E-state index contributed by atoms with van der Waals surface area (Å²) < 4.78 is 19.7. The van der Waals surface area contributed by atoms with Crippen LogP contribution in [0.3, 0.4) is 0 Å². The number of benzene rings is 2. The molecule has 136 valence electrons. The third-order valence-electron chi connectivity index (χ3n) is 4.28. The standard InChI is InChI=1S/C21H17FN2O2S/c1-13-10-14(2)19-18(11-13)27-21(23-19)24(12-17-4-3-9-26-17)20(25)15-5-7-16(22)8-6-15/h3-11H,12H2,1-2H3. The largest absolute Gasteiger partial charge is 0.467 e. The van der Waals surface area contributed by atoms with Crippen molar-refractivity contribution in [2.75, 3.05) is 4.90 Å². The quantitative estimate of drug-likeness (QED) is 0.470. The Bertz CT molecular complexity index is 1100. The highest BCUT2D eigenvalue weighted by Gasteiger charge is 2.23. The topological polar surface area (TPSA) is 46.3 Å². The molecule has 0 N–H and O–H groups in total. The van der Waals surface area contributed by atoms with Crippen LogP contribution < -0.4 is 4.90 Å². The van der Waals surface area contributed by atoms with E-state index in [1.807, 2.05) is 19.9 Å². The van der Waals surface area contributed by atoms with Gasteiger partial charge in [-0.05, 0) is 67.4 Å². The molecule has 0 atom stereocenters. The Labute approximate surface area is 159 Å². The molecule has 0 aliphatic carbocycles. The fourth-order valence-electron chi connectivity index (χ4n) is 3.01. The molecule has 2 aromatic heterocycles. The maximum Gasteiger partial charge on any atom is 0.260 e. The SMILES string of the molecule is Cc1cc(C)c2nc(N(Cc3ccco3)C(=O)c3ccc(F)cc3)sc2c1. The summed E-state index contributed by atoms with van der Waals surface area (Å²) in [5.41, 5.74) is 3.50. The minimum Gasteiger partial charge on any atom is -0.467 e. The Morgan fingerprint density at radius 3 is 2.67 bits per heavy atom. The maximum absolute atomic E-state index is 13.3. The number of carbonyl (C=O) groups excluding carboxylic acids is 1. The Kier molecular flexibility index (Phi) is 4.49. The predicted octanol–water partition coefficient (Wildman–Crippen LogP) is 5.49. The summed E-state index contributed by atoms with van der Waals surface area (Å²) >= 11 is 1.46. The lowest BCUT2D eigenvalue weighted by atomic mass is 10.1. The lowest BCUT2D eigenvalue weighted by Crippen LogP contribution is -2.30. The summed E-state index contributed by atoms with van der Waals surface area (Å²) in [6.45, 7) is 4.30.